The predicted molar refractivity (Wildman–Crippen MR) is 163 cm³/mol. The molecular formula is C31H39NO7S2. The zero-order chi connectivity index (χ0) is 29.2. The minimum absolute atomic E-state index is 0.0217. The van der Waals surface area contributed by atoms with E-state index in [-0.39, 0.29) is 24.7 Å². The first-order chi connectivity index (χ1) is 19.9. The second-order valence-electron chi connectivity index (χ2n) is 9.20. The highest BCUT2D eigenvalue weighted by molar-refractivity contribution is 8.00. The van der Waals surface area contributed by atoms with Crippen LogP contribution in [0.2, 0.25) is 0 Å². The van der Waals surface area contributed by atoms with Gasteiger partial charge >= 0.3 is 0 Å². The normalized spacial score (nSPS) is 11.8. The van der Waals surface area contributed by atoms with Gasteiger partial charge in [-0.3, -0.25) is 9.35 Å². The summed E-state index contributed by atoms with van der Waals surface area (Å²) in [5.74, 6) is 0.302. The number of rotatable bonds is 20. The molecule has 0 aromatic heterocycles. The SMILES string of the molecule is O=C(CCSC(c1ccccc1)(c1ccccc1)c1ccccc1)NCCOCCOCCOCCCS(=O)(=O)O. The van der Waals surface area contributed by atoms with Crippen molar-refractivity contribution in [1.82, 2.24) is 5.32 Å². The van der Waals surface area contributed by atoms with Crippen LogP contribution in [0.25, 0.3) is 0 Å². The van der Waals surface area contributed by atoms with Crippen LogP contribution in [0.1, 0.15) is 29.5 Å². The molecule has 10 heteroatoms. The van der Waals surface area contributed by atoms with Crippen LogP contribution in [0.5, 0.6) is 0 Å². The van der Waals surface area contributed by atoms with Gasteiger partial charge in [0.25, 0.3) is 10.1 Å². The van der Waals surface area contributed by atoms with Gasteiger partial charge in [0, 0.05) is 25.3 Å². The Balaban J connectivity index is 1.38. The Morgan fingerprint density at radius 3 is 1.61 bits per heavy atom. The molecule has 3 aromatic rings. The fourth-order valence-corrected chi connectivity index (χ4v) is 6.29. The molecular weight excluding hydrogens is 562 g/mol. The fraction of sp³-hybridized carbons (Fsp3) is 0.387. The molecule has 0 fully saturated rings. The van der Waals surface area contributed by atoms with Crippen molar-refractivity contribution < 1.29 is 32.0 Å². The van der Waals surface area contributed by atoms with Crippen LogP contribution in [0, 0.1) is 0 Å². The molecule has 3 rings (SSSR count). The van der Waals surface area contributed by atoms with Gasteiger partial charge in [-0.15, -0.1) is 11.8 Å². The van der Waals surface area contributed by atoms with Crippen LogP contribution in [0.3, 0.4) is 0 Å². The highest BCUT2D eigenvalue weighted by Gasteiger charge is 2.36. The summed E-state index contributed by atoms with van der Waals surface area (Å²) in [4.78, 5) is 12.6. The molecule has 1 amide bonds. The van der Waals surface area contributed by atoms with Crippen LogP contribution in [-0.2, 0) is 33.9 Å². The van der Waals surface area contributed by atoms with E-state index in [2.05, 4.69) is 78.1 Å². The van der Waals surface area contributed by atoms with Crippen LogP contribution >= 0.6 is 11.8 Å². The average Bonchev–Trinajstić information content (AvgIpc) is 2.98. The first-order valence-corrected chi connectivity index (χ1v) is 16.3. The number of ether oxygens (including phenoxy) is 3. The minimum Gasteiger partial charge on any atom is -0.379 e. The third kappa shape index (κ3) is 11.6. The van der Waals surface area contributed by atoms with Crippen molar-refractivity contribution in [2.45, 2.75) is 17.6 Å². The number of amides is 1. The quantitative estimate of drug-likeness (QED) is 0.110. The summed E-state index contributed by atoms with van der Waals surface area (Å²) in [6, 6.07) is 31.3. The molecule has 0 atom stereocenters. The van der Waals surface area contributed by atoms with Gasteiger partial charge < -0.3 is 19.5 Å². The molecule has 0 saturated carbocycles. The Morgan fingerprint density at radius 2 is 1.15 bits per heavy atom. The summed E-state index contributed by atoms with van der Waals surface area (Å²) in [5.41, 5.74) is 3.51. The van der Waals surface area contributed by atoms with E-state index in [9.17, 15) is 13.2 Å². The zero-order valence-electron chi connectivity index (χ0n) is 23.2. The number of hydrogen-bond donors (Lipinski definition) is 2. The number of thioether (sulfide) groups is 1. The summed E-state index contributed by atoms with van der Waals surface area (Å²) in [6.07, 6.45) is 0.618. The van der Waals surface area contributed by atoms with Crippen molar-refractivity contribution in [2.24, 2.45) is 0 Å². The number of carbonyl (C=O) groups is 1. The third-order valence-corrected chi connectivity index (χ3v) is 8.55. The van der Waals surface area contributed by atoms with E-state index >= 15 is 0 Å². The maximum atomic E-state index is 12.6. The predicted octanol–water partition coefficient (Wildman–Crippen LogP) is 4.55. The van der Waals surface area contributed by atoms with Gasteiger partial charge in [0.05, 0.1) is 43.5 Å². The molecule has 0 aliphatic rings. The van der Waals surface area contributed by atoms with Crippen molar-refractivity contribution in [3.63, 3.8) is 0 Å². The van der Waals surface area contributed by atoms with E-state index in [0.717, 1.165) is 0 Å². The largest absolute Gasteiger partial charge is 0.379 e. The summed E-state index contributed by atoms with van der Waals surface area (Å²) in [5, 5.41) is 2.93. The van der Waals surface area contributed by atoms with Crippen LogP contribution in [0.4, 0.5) is 0 Å². The van der Waals surface area contributed by atoms with Crippen molar-refractivity contribution in [3.05, 3.63) is 108 Å². The molecule has 0 aliphatic heterocycles. The summed E-state index contributed by atoms with van der Waals surface area (Å²) in [6.45, 7) is 2.52. The monoisotopic (exact) mass is 601 g/mol. The number of benzene rings is 3. The lowest BCUT2D eigenvalue weighted by molar-refractivity contribution is -0.120. The maximum Gasteiger partial charge on any atom is 0.264 e. The second-order valence-corrected chi connectivity index (χ2v) is 12.1. The van der Waals surface area contributed by atoms with E-state index < -0.39 is 14.9 Å². The Labute approximate surface area is 247 Å². The molecule has 3 aromatic carbocycles. The topological polar surface area (TPSA) is 111 Å². The lowest BCUT2D eigenvalue weighted by Crippen LogP contribution is -2.30. The minimum atomic E-state index is -3.94. The van der Waals surface area contributed by atoms with Crippen molar-refractivity contribution in [2.75, 3.05) is 57.7 Å². The van der Waals surface area contributed by atoms with Gasteiger partial charge in [0.15, 0.2) is 0 Å². The van der Waals surface area contributed by atoms with Crippen LogP contribution < -0.4 is 5.32 Å². The van der Waals surface area contributed by atoms with Crippen LogP contribution in [0.15, 0.2) is 91.0 Å². The lowest BCUT2D eigenvalue weighted by Gasteiger charge is -2.35. The summed E-state index contributed by atoms with van der Waals surface area (Å²) >= 11 is 1.76. The number of carbonyl (C=O) groups excluding carboxylic acids is 1. The highest BCUT2D eigenvalue weighted by Crippen LogP contribution is 2.48. The third-order valence-electron chi connectivity index (χ3n) is 6.19. The van der Waals surface area contributed by atoms with Gasteiger partial charge in [-0.2, -0.15) is 8.42 Å². The Hall–Kier alpha value is -2.73. The van der Waals surface area contributed by atoms with Gasteiger partial charge in [-0.1, -0.05) is 91.0 Å². The Kier molecular flexibility index (Phi) is 14.3. The molecule has 0 heterocycles. The smallest absolute Gasteiger partial charge is 0.264 e. The number of hydrogen-bond acceptors (Lipinski definition) is 7. The van der Waals surface area contributed by atoms with Gasteiger partial charge in [0.1, 0.15) is 0 Å². The van der Waals surface area contributed by atoms with E-state index in [1.165, 1.54) is 16.7 Å². The van der Waals surface area contributed by atoms with Crippen molar-refractivity contribution >= 4 is 27.8 Å². The lowest BCUT2D eigenvalue weighted by atomic mass is 9.84. The molecule has 0 spiro atoms. The fourth-order valence-electron chi connectivity index (χ4n) is 4.30. The Bertz CT molecular complexity index is 1150. The Morgan fingerprint density at radius 1 is 0.707 bits per heavy atom. The average molecular weight is 602 g/mol. The first kappa shape index (κ1) is 32.8. The molecule has 0 saturated heterocycles. The number of nitrogens with one attached hydrogen (secondary N) is 1. The molecule has 41 heavy (non-hydrogen) atoms. The molecule has 0 bridgehead atoms. The summed E-state index contributed by atoms with van der Waals surface area (Å²) in [7, 11) is -3.94. The van der Waals surface area contributed by atoms with Gasteiger partial charge in [-0.25, -0.2) is 0 Å². The first-order valence-electron chi connectivity index (χ1n) is 13.7. The van der Waals surface area contributed by atoms with Gasteiger partial charge in [0.2, 0.25) is 5.91 Å². The maximum absolute atomic E-state index is 12.6. The van der Waals surface area contributed by atoms with Crippen LogP contribution in [-0.4, -0.2) is 76.6 Å². The molecule has 2 N–H and O–H groups in total. The van der Waals surface area contributed by atoms with E-state index in [1.807, 2.05) is 18.2 Å². The van der Waals surface area contributed by atoms with Crippen molar-refractivity contribution in [1.29, 1.82) is 0 Å². The molecule has 0 aliphatic carbocycles. The summed E-state index contributed by atoms with van der Waals surface area (Å²) < 4.78 is 45.6. The zero-order valence-corrected chi connectivity index (χ0v) is 24.8. The van der Waals surface area contributed by atoms with E-state index in [1.54, 1.807) is 11.8 Å². The van der Waals surface area contributed by atoms with E-state index in [0.29, 0.717) is 51.8 Å². The van der Waals surface area contributed by atoms with Crippen molar-refractivity contribution in [3.8, 4) is 0 Å². The second kappa shape index (κ2) is 17.9. The molecule has 0 unspecified atom stereocenters. The highest BCUT2D eigenvalue weighted by atomic mass is 32.2. The standard InChI is InChI=1S/C31H39NO7S2/c33-30(32-18-20-38-22-24-39-23-21-37-19-10-26-41(34,35)36)17-25-40-31(27-11-4-1-5-12-27,28-13-6-2-7-14-28)29-15-8-3-9-16-29/h1-9,11-16H,10,17-26H2,(H,32,33)(H,34,35,36). The van der Waals surface area contributed by atoms with Gasteiger partial charge in [-0.05, 0) is 23.1 Å². The van der Waals surface area contributed by atoms with E-state index in [4.69, 9.17) is 18.8 Å². The molecule has 222 valence electrons. The molecule has 0 radical (unpaired) electrons. The molecule has 8 nitrogen and oxygen atoms in total.